The summed E-state index contributed by atoms with van der Waals surface area (Å²) in [7, 11) is 0. The predicted molar refractivity (Wildman–Crippen MR) is 54.4 cm³/mol. The fourth-order valence-electron chi connectivity index (χ4n) is 1.35. The molecule has 1 atom stereocenters. The molecule has 1 aromatic carbocycles. The van der Waals surface area contributed by atoms with Crippen molar-refractivity contribution in [3.8, 4) is 0 Å². The Balaban J connectivity index is 2.26. The van der Waals surface area contributed by atoms with Crippen LogP contribution < -0.4 is 0 Å². The van der Waals surface area contributed by atoms with Gasteiger partial charge in [0.25, 0.3) is 0 Å². The van der Waals surface area contributed by atoms with Gasteiger partial charge in [0.05, 0.1) is 6.61 Å². The molecule has 0 unspecified atom stereocenters. The quantitative estimate of drug-likeness (QED) is 0.798. The summed E-state index contributed by atoms with van der Waals surface area (Å²) < 4.78 is 18.0. The van der Waals surface area contributed by atoms with Gasteiger partial charge in [0.2, 0.25) is 5.90 Å². The average molecular weight is 209 g/mol. The molecule has 0 aromatic heterocycles. The van der Waals surface area contributed by atoms with Crippen LogP contribution in [-0.2, 0) is 4.74 Å². The molecule has 1 aromatic rings. The van der Waals surface area contributed by atoms with Gasteiger partial charge < -0.3 is 9.84 Å². The topological polar surface area (TPSA) is 41.8 Å². The van der Waals surface area contributed by atoms with E-state index in [2.05, 4.69) is 4.99 Å². The molecule has 1 aliphatic heterocycles. The molecular weight excluding hydrogens is 197 g/mol. The molecule has 1 heterocycles. The van der Waals surface area contributed by atoms with E-state index in [-0.39, 0.29) is 12.4 Å². The SMILES string of the molecule is C[C@@]1(CO)COC(c2ccc(F)cc2)=N1. The lowest BCUT2D eigenvalue weighted by atomic mass is 10.1. The first kappa shape index (κ1) is 10.1. The zero-order chi connectivity index (χ0) is 10.9. The normalized spacial score (nSPS) is 24.9. The van der Waals surface area contributed by atoms with Crippen LogP contribution in [0.3, 0.4) is 0 Å². The summed E-state index contributed by atoms with van der Waals surface area (Å²) in [5.74, 6) is 0.175. The maximum absolute atomic E-state index is 12.7. The van der Waals surface area contributed by atoms with Crippen LogP contribution in [0.5, 0.6) is 0 Å². The van der Waals surface area contributed by atoms with Crippen LogP contribution in [-0.4, -0.2) is 29.8 Å². The zero-order valence-corrected chi connectivity index (χ0v) is 8.40. The Bertz CT molecular complexity index is 388. The van der Waals surface area contributed by atoms with E-state index in [9.17, 15) is 4.39 Å². The van der Waals surface area contributed by atoms with E-state index in [0.717, 1.165) is 5.56 Å². The second-order valence-electron chi connectivity index (χ2n) is 3.87. The second kappa shape index (κ2) is 3.62. The number of rotatable bonds is 2. The molecule has 80 valence electrons. The first-order valence-corrected chi connectivity index (χ1v) is 4.72. The maximum Gasteiger partial charge on any atom is 0.216 e. The second-order valence-corrected chi connectivity index (χ2v) is 3.87. The Morgan fingerprint density at radius 3 is 2.67 bits per heavy atom. The van der Waals surface area contributed by atoms with Gasteiger partial charge >= 0.3 is 0 Å². The minimum atomic E-state index is -0.566. The molecule has 0 aliphatic carbocycles. The standard InChI is InChI=1S/C11H12FNO2/c1-11(6-14)7-15-10(13-11)8-2-4-9(12)5-3-8/h2-5,14H,6-7H2,1H3/t11-/m1/s1. The highest BCUT2D eigenvalue weighted by atomic mass is 19.1. The lowest BCUT2D eigenvalue weighted by Gasteiger charge is -2.12. The Kier molecular flexibility index (Phi) is 2.44. The van der Waals surface area contributed by atoms with Gasteiger partial charge in [-0.15, -0.1) is 0 Å². The first-order chi connectivity index (χ1) is 7.13. The molecule has 0 saturated carbocycles. The van der Waals surface area contributed by atoms with Crippen molar-refractivity contribution in [3.63, 3.8) is 0 Å². The van der Waals surface area contributed by atoms with E-state index in [1.54, 1.807) is 12.1 Å². The van der Waals surface area contributed by atoms with E-state index in [4.69, 9.17) is 9.84 Å². The molecule has 1 N–H and O–H groups in total. The Morgan fingerprint density at radius 2 is 2.13 bits per heavy atom. The number of benzene rings is 1. The molecule has 2 rings (SSSR count). The summed E-state index contributed by atoms with van der Waals surface area (Å²) in [6.07, 6.45) is 0. The molecule has 0 spiro atoms. The molecule has 0 saturated heterocycles. The van der Waals surface area contributed by atoms with Gasteiger partial charge in [0, 0.05) is 5.56 Å². The molecule has 4 heteroatoms. The van der Waals surface area contributed by atoms with Gasteiger partial charge in [-0.3, -0.25) is 0 Å². The van der Waals surface area contributed by atoms with Gasteiger partial charge in [-0.1, -0.05) is 0 Å². The molecule has 0 bridgehead atoms. The summed E-state index contributed by atoms with van der Waals surface area (Å²) in [5.41, 5.74) is 0.164. The van der Waals surface area contributed by atoms with Crippen LogP contribution >= 0.6 is 0 Å². The Labute approximate surface area is 87.2 Å². The number of halogens is 1. The van der Waals surface area contributed by atoms with Crippen molar-refractivity contribution >= 4 is 5.90 Å². The molecule has 1 aliphatic rings. The number of ether oxygens (including phenoxy) is 1. The van der Waals surface area contributed by atoms with Crippen LogP contribution in [0.15, 0.2) is 29.3 Å². The number of aliphatic imine (C=N–C) groups is 1. The van der Waals surface area contributed by atoms with E-state index >= 15 is 0 Å². The predicted octanol–water partition coefficient (Wildman–Crippen LogP) is 1.35. The van der Waals surface area contributed by atoms with Gasteiger partial charge in [0.1, 0.15) is 18.0 Å². The maximum atomic E-state index is 12.7. The largest absolute Gasteiger partial charge is 0.475 e. The molecule has 15 heavy (non-hydrogen) atoms. The minimum absolute atomic E-state index is 0.0578. The summed E-state index contributed by atoms with van der Waals surface area (Å²) in [4.78, 5) is 4.26. The summed E-state index contributed by atoms with van der Waals surface area (Å²) >= 11 is 0. The average Bonchev–Trinajstić information content (AvgIpc) is 2.63. The summed E-state index contributed by atoms with van der Waals surface area (Å²) in [6.45, 7) is 2.11. The van der Waals surface area contributed by atoms with Crippen molar-refractivity contribution in [2.45, 2.75) is 12.5 Å². The molecule has 0 radical (unpaired) electrons. The van der Waals surface area contributed by atoms with Gasteiger partial charge in [-0.2, -0.15) is 0 Å². The summed E-state index contributed by atoms with van der Waals surface area (Å²) in [5, 5.41) is 9.09. The van der Waals surface area contributed by atoms with Crippen molar-refractivity contribution in [1.82, 2.24) is 0 Å². The summed E-state index contributed by atoms with van der Waals surface area (Å²) in [6, 6.07) is 5.93. The van der Waals surface area contributed by atoms with Crippen LogP contribution in [0.2, 0.25) is 0 Å². The van der Waals surface area contributed by atoms with Crippen molar-refractivity contribution in [2.75, 3.05) is 13.2 Å². The minimum Gasteiger partial charge on any atom is -0.475 e. The van der Waals surface area contributed by atoms with E-state index in [1.807, 2.05) is 6.92 Å². The molecule has 0 amide bonds. The number of hydrogen-bond donors (Lipinski definition) is 1. The molecule has 0 fully saturated rings. The van der Waals surface area contributed by atoms with E-state index in [0.29, 0.717) is 12.5 Å². The van der Waals surface area contributed by atoms with Gasteiger partial charge in [-0.25, -0.2) is 9.38 Å². The van der Waals surface area contributed by atoms with Crippen molar-refractivity contribution in [1.29, 1.82) is 0 Å². The van der Waals surface area contributed by atoms with Gasteiger partial charge in [-0.05, 0) is 31.2 Å². The van der Waals surface area contributed by atoms with Crippen LogP contribution in [0.4, 0.5) is 4.39 Å². The highest BCUT2D eigenvalue weighted by Crippen LogP contribution is 2.20. The van der Waals surface area contributed by atoms with Gasteiger partial charge in [0.15, 0.2) is 0 Å². The zero-order valence-electron chi connectivity index (χ0n) is 8.40. The van der Waals surface area contributed by atoms with Crippen LogP contribution in [0.1, 0.15) is 12.5 Å². The lowest BCUT2D eigenvalue weighted by molar-refractivity contribution is 0.170. The third kappa shape index (κ3) is 1.99. The lowest BCUT2D eigenvalue weighted by Crippen LogP contribution is -2.28. The monoisotopic (exact) mass is 209 g/mol. The number of aliphatic hydroxyl groups is 1. The highest BCUT2D eigenvalue weighted by molar-refractivity contribution is 5.95. The van der Waals surface area contributed by atoms with Crippen LogP contribution in [0.25, 0.3) is 0 Å². The van der Waals surface area contributed by atoms with E-state index in [1.165, 1.54) is 12.1 Å². The molecular formula is C11H12FNO2. The first-order valence-electron chi connectivity index (χ1n) is 4.72. The van der Waals surface area contributed by atoms with Crippen molar-refractivity contribution < 1.29 is 14.2 Å². The van der Waals surface area contributed by atoms with Crippen LogP contribution in [0, 0.1) is 5.82 Å². The third-order valence-corrected chi connectivity index (χ3v) is 2.32. The number of nitrogens with zero attached hydrogens (tertiary/aromatic N) is 1. The fraction of sp³-hybridized carbons (Fsp3) is 0.364. The Morgan fingerprint density at radius 1 is 1.47 bits per heavy atom. The van der Waals surface area contributed by atoms with Crippen molar-refractivity contribution in [2.24, 2.45) is 4.99 Å². The fourth-order valence-corrected chi connectivity index (χ4v) is 1.35. The molecule has 3 nitrogen and oxygen atoms in total. The number of aliphatic hydroxyl groups excluding tert-OH is 1. The number of hydrogen-bond acceptors (Lipinski definition) is 3. The van der Waals surface area contributed by atoms with Crippen molar-refractivity contribution in [3.05, 3.63) is 35.6 Å². The smallest absolute Gasteiger partial charge is 0.216 e. The Hall–Kier alpha value is -1.42. The highest BCUT2D eigenvalue weighted by Gasteiger charge is 2.31. The van der Waals surface area contributed by atoms with E-state index < -0.39 is 5.54 Å². The third-order valence-electron chi connectivity index (χ3n) is 2.32.